The lowest BCUT2D eigenvalue weighted by Crippen LogP contribution is -2.28. The van der Waals surface area contributed by atoms with Crippen LogP contribution in [-0.2, 0) is 17.1 Å². The van der Waals surface area contributed by atoms with Crippen molar-refractivity contribution in [1.29, 1.82) is 0 Å². The molecular formula is C25H18F6N2O2S. The first-order valence-corrected chi connectivity index (χ1v) is 11.6. The predicted octanol–water partition coefficient (Wildman–Crippen LogP) is 7.06. The zero-order valence-corrected chi connectivity index (χ0v) is 19.4. The molecule has 4 nitrogen and oxygen atoms in total. The van der Waals surface area contributed by atoms with Crippen molar-refractivity contribution in [2.75, 3.05) is 16.0 Å². The number of nitrogens with zero attached hydrogens (tertiary/aromatic N) is 1. The summed E-state index contributed by atoms with van der Waals surface area (Å²) in [4.78, 5) is 26.8. The zero-order valence-electron chi connectivity index (χ0n) is 18.6. The molecule has 0 spiro atoms. The maximum atomic E-state index is 13.1. The normalized spacial score (nSPS) is 16.4. The first-order chi connectivity index (χ1) is 16.8. The molecule has 0 aromatic heterocycles. The number of anilines is 2. The van der Waals surface area contributed by atoms with Gasteiger partial charge in [-0.15, -0.1) is 11.8 Å². The molecule has 3 aromatic rings. The van der Waals surface area contributed by atoms with Gasteiger partial charge in [-0.25, -0.2) is 0 Å². The third-order valence-electron chi connectivity index (χ3n) is 5.55. The number of amides is 2. The summed E-state index contributed by atoms with van der Waals surface area (Å²) in [6.07, 6.45) is -10.1. The zero-order chi connectivity index (χ0) is 26.3. The van der Waals surface area contributed by atoms with E-state index in [1.165, 1.54) is 23.9 Å². The number of nitrogens with one attached hydrogen (secondary N) is 1. The number of carbonyl (C=O) groups excluding carboxylic acids is 2. The third kappa shape index (κ3) is 5.35. The molecule has 2 amide bonds. The summed E-state index contributed by atoms with van der Waals surface area (Å²) in [5.41, 5.74) is -1.32. The first-order valence-electron chi connectivity index (χ1n) is 10.5. The van der Waals surface area contributed by atoms with Crippen molar-refractivity contribution in [2.45, 2.75) is 24.7 Å². The molecule has 36 heavy (non-hydrogen) atoms. The Hall–Kier alpha value is -3.47. The number of aryl methyl sites for hydroxylation is 1. The number of rotatable bonds is 4. The second kappa shape index (κ2) is 9.53. The summed E-state index contributed by atoms with van der Waals surface area (Å²) in [5.74, 6) is -0.915. The summed E-state index contributed by atoms with van der Waals surface area (Å²) < 4.78 is 78.6. The fraction of sp³-hybridized carbons (Fsp3) is 0.200. The molecule has 1 saturated heterocycles. The number of carbonyl (C=O) groups is 2. The summed E-state index contributed by atoms with van der Waals surface area (Å²) in [6.45, 7) is 1.89. The molecular weight excluding hydrogens is 506 g/mol. The minimum absolute atomic E-state index is 0.0354. The van der Waals surface area contributed by atoms with Gasteiger partial charge in [0, 0.05) is 16.9 Å². The van der Waals surface area contributed by atoms with Gasteiger partial charge in [0.2, 0.25) is 5.91 Å². The monoisotopic (exact) mass is 524 g/mol. The number of thioether (sulfide) groups is 1. The molecule has 1 atom stereocenters. The van der Waals surface area contributed by atoms with E-state index >= 15 is 0 Å². The van der Waals surface area contributed by atoms with E-state index in [0.29, 0.717) is 12.1 Å². The van der Waals surface area contributed by atoms with Crippen LogP contribution in [0.2, 0.25) is 0 Å². The summed E-state index contributed by atoms with van der Waals surface area (Å²) in [5, 5.41) is 2.00. The number of hydrogen-bond donors (Lipinski definition) is 1. The number of benzene rings is 3. The van der Waals surface area contributed by atoms with Gasteiger partial charge in [0.15, 0.2) is 0 Å². The number of alkyl halides is 6. The molecule has 1 unspecified atom stereocenters. The average Bonchev–Trinajstić information content (AvgIpc) is 3.19. The van der Waals surface area contributed by atoms with Crippen molar-refractivity contribution in [2.24, 2.45) is 0 Å². The van der Waals surface area contributed by atoms with E-state index in [9.17, 15) is 35.9 Å². The molecule has 1 fully saturated rings. The largest absolute Gasteiger partial charge is 0.416 e. The molecule has 4 rings (SSSR count). The highest BCUT2D eigenvalue weighted by atomic mass is 32.2. The van der Waals surface area contributed by atoms with Crippen molar-refractivity contribution in [3.05, 3.63) is 94.5 Å². The van der Waals surface area contributed by atoms with E-state index in [4.69, 9.17) is 0 Å². The minimum Gasteiger partial charge on any atom is -0.322 e. The molecule has 0 radical (unpaired) electrons. The predicted molar refractivity (Wildman–Crippen MR) is 125 cm³/mol. The van der Waals surface area contributed by atoms with Gasteiger partial charge < -0.3 is 5.32 Å². The molecule has 1 aliphatic heterocycles. The SMILES string of the molecule is Cc1ccccc1N1C(=O)CSC1c1ccc(NC(=O)c2cc(C(F)(F)F)cc(C(F)(F)F)c2)cc1. The highest BCUT2D eigenvalue weighted by Gasteiger charge is 2.38. The minimum atomic E-state index is -5.06. The van der Waals surface area contributed by atoms with Crippen LogP contribution in [0.1, 0.15) is 38.0 Å². The van der Waals surface area contributed by atoms with Gasteiger partial charge in [0.25, 0.3) is 5.91 Å². The maximum absolute atomic E-state index is 13.1. The van der Waals surface area contributed by atoms with Crippen LogP contribution in [0.4, 0.5) is 37.7 Å². The van der Waals surface area contributed by atoms with Gasteiger partial charge >= 0.3 is 12.4 Å². The Labute approximate surface area is 206 Å². The van der Waals surface area contributed by atoms with Crippen molar-refractivity contribution in [3.8, 4) is 0 Å². The average molecular weight is 524 g/mol. The Morgan fingerprint density at radius 1 is 0.917 bits per heavy atom. The molecule has 1 heterocycles. The fourth-order valence-corrected chi connectivity index (χ4v) is 4.95. The summed E-state index contributed by atoms with van der Waals surface area (Å²) in [7, 11) is 0. The van der Waals surface area contributed by atoms with Gasteiger partial charge in [-0.2, -0.15) is 26.3 Å². The first kappa shape index (κ1) is 25.6. The topological polar surface area (TPSA) is 49.4 Å². The van der Waals surface area contributed by atoms with E-state index in [2.05, 4.69) is 5.32 Å². The van der Waals surface area contributed by atoms with E-state index in [1.807, 2.05) is 31.2 Å². The Morgan fingerprint density at radius 2 is 1.50 bits per heavy atom. The van der Waals surface area contributed by atoms with Crippen LogP contribution in [0.25, 0.3) is 0 Å². The van der Waals surface area contributed by atoms with E-state index in [-0.39, 0.29) is 28.8 Å². The fourth-order valence-electron chi connectivity index (χ4n) is 3.79. The van der Waals surface area contributed by atoms with E-state index < -0.39 is 35.0 Å². The van der Waals surface area contributed by atoms with Gasteiger partial charge in [-0.1, -0.05) is 30.3 Å². The Bertz CT molecular complexity index is 1270. The van der Waals surface area contributed by atoms with Crippen LogP contribution in [0, 0.1) is 6.92 Å². The second-order valence-electron chi connectivity index (χ2n) is 8.08. The maximum Gasteiger partial charge on any atom is 0.416 e. The Balaban J connectivity index is 1.57. The van der Waals surface area contributed by atoms with Gasteiger partial charge in [-0.05, 0) is 54.4 Å². The van der Waals surface area contributed by atoms with Crippen LogP contribution < -0.4 is 10.2 Å². The van der Waals surface area contributed by atoms with Crippen LogP contribution in [0.15, 0.2) is 66.7 Å². The number of halogens is 6. The summed E-state index contributed by atoms with van der Waals surface area (Å²) in [6, 6.07) is 14.4. The molecule has 1 N–H and O–H groups in total. The van der Waals surface area contributed by atoms with Crippen LogP contribution in [0.3, 0.4) is 0 Å². The lowest BCUT2D eigenvalue weighted by atomic mass is 10.0. The van der Waals surface area contributed by atoms with E-state index in [1.54, 1.807) is 17.0 Å². The van der Waals surface area contributed by atoms with E-state index in [0.717, 1.165) is 16.8 Å². The molecule has 0 aliphatic carbocycles. The quantitative estimate of drug-likeness (QED) is 0.372. The lowest BCUT2D eigenvalue weighted by molar-refractivity contribution is -0.143. The number of para-hydroxylation sites is 1. The van der Waals surface area contributed by atoms with Crippen LogP contribution in [0.5, 0.6) is 0 Å². The van der Waals surface area contributed by atoms with Crippen molar-refractivity contribution >= 4 is 35.0 Å². The Kier molecular flexibility index (Phi) is 6.78. The highest BCUT2D eigenvalue weighted by Crippen LogP contribution is 2.43. The van der Waals surface area contributed by atoms with Gasteiger partial charge in [0.1, 0.15) is 5.37 Å². The molecule has 188 valence electrons. The molecule has 0 saturated carbocycles. The molecule has 0 bridgehead atoms. The van der Waals surface area contributed by atoms with Gasteiger partial charge in [0.05, 0.1) is 16.9 Å². The van der Waals surface area contributed by atoms with Crippen LogP contribution in [-0.4, -0.2) is 17.6 Å². The summed E-state index contributed by atoms with van der Waals surface area (Å²) >= 11 is 1.42. The smallest absolute Gasteiger partial charge is 0.322 e. The van der Waals surface area contributed by atoms with Crippen LogP contribution >= 0.6 is 11.8 Å². The number of hydrogen-bond acceptors (Lipinski definition) is 3. The third-order valence-corrected chi connectivity index (χ3v) is 6.76. The van der Waals surface area contributed by atoms with Crippen molar-refractivity contribution in [3.63, 3.8) is 0 Å². The molecule has 1 aliphatic rings. The molecule has 3 aromatic carbocycles. The Morgan fingerprint density at radius 3 is 2.06 bits per heavy atom. The van der Waals surface area contributed by atoms with Crippen molar-refractivity contribution < 1.29 is 35.9 Å². The van der Waals surface area contributed by atoms with Crippen molar-refractivity contribution in [1.82, 2.24) is 0 Å². The molecule has 11 heteroatoms. The second-order valence-corrected chi connectivity index (χ2v) is 9.15. The lowest BCUT2D eigenvalue weighted by Gasteiger charge is -2.26. The van der Waals surface area contributed by atoms with Gasteiger partial charge in [-0.3, -0.25) is 14.5 Å². The standard InChI is InChI=1S/C25H18F6N2O2S/c1-14-4-2-3-5-20(14)33-21(34)13-36-23(33)15-6-8-19(9-7-15)32-22(35)16-10-17(24(26,27)28)12-18(11-16)25(29,30)31/h2-12,23H,13H2,1H3,(H,32,35). The highest BCUT2D eigenvalue weighted by molar-refractivity contribution is 8.00.